The summed E-state index contributed by atoms with van der Waals surface area (Å²) < 4.78 is 0. The van der Waals surface area contributed by atoms with Gasteiger partial charge in [-0.25, -0.2) is 15.0 Å². The molecule has 0 saturated heterocycles. The van der Waals surface area contributed by atoms with E-state index in [0.29, 0.717) is 23.7 Å². The van der Waals surface area contributed by atoms with Crippen molar-refractivity contribution in [3.05, 3.63) is 18.0 Å². The van der Waals surface area contributed by atoms with E-state index in [1.165, 1.54) is 12.8 Å². The predicted octanol–water partition coefficient (Wildman–Crippen LogP) is 2.08. The molecule has 2 saturated carbocycles. The molecule has 2 heterocycles. The van der Waals surface area contributed by atoms with E-state index in [0.717, 1.165) is 42.1 Å². The lowest BCUT2D eigenvalue weighted by Gasteiger charge is -2.26. The lowest BCUT2D eigenvalue weighted by Crippen LogP contribution is -2.28. The number of nitrogens with zero attached hydrogens (tertiary/aromatic N) is 3. The van der Waals surface area contributed by atoms with Crippen molar-refractivity contribution in [3.8, 4) is 11.8 Å². The van der Waals surface area contributed by atoms with Gasteiger partial charge in [-0.3, -0.25) is 0 Å². The zero-order chi connectivity index (χ0) is 16.5. The molecule has 0 spiro atoms. The Hall–Kier alpha value is -2.39. The van der Waals surface area contributed by atoms with E-state index in [9.17, 15) is 5.11 Å². The van der Waals surface area contributed by atoms with Crippen LogP contribution in [0.4, 0.5) is 11.8 Å². The third kappa shape index (κ3) is 3.26. The van der Waals surface area contributed by atoms with E-state index in [-0.39, 0.29) is 6.10 Å². The molecule has 4 N–H and O–H groups in total. The average Bonchev–Trinajstić information content (AvgIpc) is 3.41. The van der Waals surface area contributed by atoms with Gasteiger partial charge in [-0.15, -0.1) is 0 Å². The van der Waals surface area contributed by atoms with E-state index >= 15 is 0 Å². The van der Waals surface area contributed by atoms with Gasteiger partial charge in [0.15, 0.2) is 0 Å². The molecular formula is C18H21N5O. The van der Waals surface area contributed by atoms with Crippen LogP contribution in [-0.4, -0.2) is 32.2 Å². The maximum Gasteiger partial charge on any atom is 0.223 e. The van der Waals surface area contributed by atoms with E-state index in [2.05, 4.69) is 32.1 Å². The summed E-state index contributed by atoms with van der Waals surface area (Å²) in [6, 6.07) is 0.297. The third-order valence-electron chi connectivity index (χ3n) is 4.67. The molecule has 0 atom stereocenters. The Labute approximate surface area is 140 Å². The van der Waals surface area contributed by atoms with Crippen molar-refractivity contribution in [2.75, 3.05) is 11.1 Å². The second-order valence-electron chi connectivity index (χ2n) is 6.71. The molecule has 2 aliphatic carbocycles. The van der Waals surface area contributed by atoms with Crippen molar-refractivity contribution >= 4 is 22.7 Å². The first-order valence-electron chi connectivity index (χ1n) is 8.56. The summed E-state index contributed by atoms with van der Waals surface area (Å²) in [4.78, 5) is 13.2. The van der Waals surface area contributed by atoms with Gasteiger partial charge in [0.05, 0.1) is 22.6 Å². The third-order valence-corrected chi connectivity index (χ3v) is 4.67. The summed E-state index contributed by atoms with van der Waals surface area (Å²) in [5, 5.41) is 13.7. The minimum absolute atomic E-state index is 0.171. The highest BCUT2D eigenvalue weighted by atomic mass is 16.3. The highest BCUT2D eigenvalue weighted by Crippen LogP contribution is 2.28. The molecule has 2 aliphatic rings. The Kier molecular flexibility index (Phi) is 3.95. The molecule has 6 heteroatoms. The number of nitrogens with two attached hydrogens (primary N) is 1. The fourth-order valence-corrected chi connectivity index (χ4v) is 3.01. The molecular weight excluding hydrogens is 302 g/mol. The van der Waals surface area contributed by atoms with Gasteiger partial charge in [0.2, 0.25) is 5.95 Å². The maximum atomic E-state index is 9.62. The fourth-order valence-electron chi connectivity index (χ4n) is 3.01. The monoisotopic (exact) mass is 323 g/mol. The van der Waals surface area contributed by atoms with E-state index in [1.54, 1.807) is 12.4 Å². The number of hydrogen-bond acceptors (Lipinski definition) is 6. The zero-order valence-electron chi connectivity index (χ0n) is 13.5. The first kappa shape index (κ1) is 15.2. The van der Waals surface area contributed by atoms with Crippen LogP contribution in [0.3, 0.4) is 0 Å². The summed E-state index contributed by atoms with van der Waals surface area (Å²) >= 11 is 0. The van der Waals surface area contributed by atoms with E-state index < -0.39 is 0 Å². The lowest BCUT2D eigenvalue weighted by atomic mass is 9.93. The van der Waals surface area contributed by atoms with Crippen molar-refractivity contribution in [2.45, 2.75) is 50.7 Å². The van der Waals surface area contributed by atoms with Crippen LogP contribution >= 0.6 is 0 Å². The molecule has 0 unspecified atom stereocenters. The summed E-state index contributed by atoms with van der Waals surface area (Å²) in [7, 11) is 0. The number of pyridine rings is 1. The van der Waals surface area contributed by atoms with Gasteiger partial charge in [0.1, 0.15) is 5.82 Å². The van der Waals surface area contributed by atoms with Crippen LogP contribution in [0.25, 0.3) is 10.9 Å². The highest BCUT2D eigenvalue weighted by Gasteiger charge is 2.20. The quantitative estimate of drug-likeness (QED) is 0.732. The Morgan fingerprint density at radius 2 is 1.88 bits per heavy atom. The number of nitrogen functional groups attached to an aromatic ring is 1. The SMILES string of the molecule is Nc1ncc(C#CC2CC2)c2nc(N[C@H]3CC[C@H](O)CC3)ncc12. The zero-order valence-corrected chi connectivity index (χ0v) is 13.5. The lowest BCUT2D eigenvalue weighted by molar-refractivity contribution is 0.126. The van der Waals surface area contributed by atoms with Crippen molar-refractivity contribution in [1.29, 1.82) is 0 Å². The van der Waals surface area contributed by atoms with Crippen LogP contribution in [0, 0.1) is 17.8 Å². The van der Waals surface area contributed by atoms with Gasteiger partial charge in [0.25, 0.3) is 0 Å². The molecule has 24 heavy (non-hydrogen) atoms. The number of rotatable bonds is 2. The molecule has 6 nitrogen and oxygen atoms in total. The van der Waals surface area contributed by atoms with Crippen molar-refractivity contribution in [1.82, 2.24) is 15.0 Å². The summed E-state index contributed by atoms with van der Waals surface area (Å²) in [5.74, 6) is 7.98. The molecule has 124 valence electrons. The van der Waals surface area contributed by atoms with Crippen LogP contribution in [0.2, 0.25) is 0 Å². The molecule has 0 amide bonds. The molecule has 0 aromatic carbocycles. The summed E-state index contributed by atoms with van der Waals surface area (Å²) in [6.07, 6.45) is 9.10. The van der Waals surface area contributed by atoms with Gasteiger partial charge in [0, 0.05) is 24.4 Å². The van der Waals surface area contributed by atoms with E-state index in [1.807, 2.05) is 0 Å². The van der Waals surface area contributed by atoms with Gasteiger partial charge in [-0.2, -0.15) is 0 Å². The average molecular weight is 323 g/mol. The molecule has 2 aromatic heterocycles. The molecule has 0 bridgehead atoms. The van der Waals surface area contributed by atoms with Crippen LogP contribution in [0.5, 0.6) is 0 Å². The highest BCUT2D eigenvalue weighted by molar-refractivity contribution is 5.91. The van der Waals surface area contributed by atoms with Crippen molar-refractivity contribution < 1.29 is 5.11 Å². The van der Waals surface area contributed by atoms with Crippen LogP contribution < -0.4 is 11.1 Å². The van der Waals surface area contributed by atoms with Crippen molar-refractivity contribution in [3.63, 3.8) is 0 Å². The number of nitrogens with one attached hydrogen (secondary N) is 1. The number of fused-ring (bicyclic) bond motifs is 1. The Bertz CT molecular complexity index is 813. The summed E-state index contributed by atoms with van der Waals surface area (Å²) in [5.41, 5.74) is 7.51. The summed E-state index contributed by atoms with van der Waals surface area (Å²) in [6.45, 7) is 0. The first-order valence-corrected chi connectivity index (χ1v) is 8.56. The van der Waals surface area contributed by atoms with Gasteiger partial charge in [-0.1, -0.05) is 11.8 Å². The molecule has 4 rings (SSSR count). The van der Waals surface area contributed by atoms with Gasteiger partial charge < -0.3 is 16.2 Å². The number of aliphatic hydroxyl groups is 1. The second-order valence-corrected chi connectivity index (χ2v) is 6.71. The van der Waals surface area contributed by atoms with Crippen LogP contribution in [-0.2, 0) is 0 Å². The molecule has 2 aromatic rings. The largest absolute Gasteiger partial charge is 0.393 e. The normalized spacial score (nSPS) is 23.5. The minimum atomic E-state index is -0.171. The van der Waals surface area contributed by atoms with Crippen LogP contribution in [0.1, 0.15) is 44.1 Å². The van der Waals surface area contributed by atoms with Gasteiger partial charge >= 0.3 is 0 Å². The number of aliphatic hydroxyl groups excluding tert-OH is 1. The second kappa shape index (κ2) is 6.25. The smallest absolute Gasteiger partial charge is 0.223 e. The molecule has 0 radical (unpaired) electrons. The van der Waals surface area contributed by atoms with Gasteiger partial charge in [-0.05, 0) is 38.5 Å². The number of hydrogen-bond donors (Lipinski definition) is 3. The minimum Gasteiger partial charge on any atom is -0.393 e. The topological polar surface area (TPSA) is 97.0 Å². The Balaban J connectivity index is 1.63. The first-order chi connectivity index (χ1) is 11.7. The van der Waals surface area contributed by atoms with Crippen molar-refractivity contribution in [2.24, 2.45) is 5.92 Å². The Morgan fingerprint density at radius 3 is 2.62 bits per heavy atom. The van der Waals surface area contributed by atoms with Crippen LogP contribution in [0.15, 0.2) is 12.4 Å². The number of anilines is 2. The van der Waals surface area contributed by atoms with E-state index in [4.69, 9.17) is 5.73 Å². The number of aromatic nitrogens is 3. The molecule has 2 fully saturated rings. The molecule has 0 aliphatic heterocycles. The predicted molar refractivity (Wildman–Crippen MR) is 93.2 cm³/mol. The fraction of sp³-hybridized carbons (Fsp3) is 0.500. The maximum absolute atomic E-state index is 9.62. The standard InChI is InChI=1S/C18H21N5O/c19-17-15-10-21-18(22-13-5-7-14(24)8-6-13)23-16(15)12(9-20-17)4-3-11-1-2-11/h9-11,13-14,24H,1-2,5-8H2,(H2,19,20)(H,21,22,23)/t13-,14-. The Morgan fingerprint density at radius 1 is 1.08 bits per heavy atom.